The van der Waals surface area contributed by atoms with E-state index in [0.29, 0.717) is 6.04 Å². The number of hydrogen-bond acceptors (Lipinski definition) is 2. The Bertz CT molecular complexity index is 630. The fourth-order valence-electron chi connectivity index (χ4n) is 3.10. The number of hydrogen-bond donors (Lipinski definition) is 0. The summed E-state index contributed by atoms with van der Waals surface area (Å²) in [6.45, 7) is 3.17. The molecule has 0 N–H and O–H groups in total. The van der Waals surface area contributed by atoms with Gasteiger partial charge < -0.3 is 4.90 Å². The van der Waals surface area contributed by atoms with Gasteiger partial charge in [-0.1, -0.05) is 42.5 Å². The summed E-state index contributed by atoms with van der Waals surface area (Å²) >= 11 is 1.79. The summed E-state index contributed by atoms with van der Waals surface area (Å²) in [5, 5.41) is 0. The molecule has 3 rings (SSSR count). The smallest absolute Gasteiger partial charge is 0.0793 e. The Labute approximate surface area is 131 Å². The summed E-state index contributed by atoms with van der Waals surface area (Å²) in [7, 11) is 0. The van der Waals surface area contributed by atoms with Gasteiger partial charge in [-0.25, -0.2) is 0 Å². The molecule has 1 atom stereocenters. The van der Waals surface area contributed by atoms with Crippen molar-refractivity contribution in [2.75, 3.05) is 12.8 Å². The minimum absolute atomic E-state index is 0.335. The van der Waals surface area contributed by atoms with Crippen LogP contribution >= 0.6 is 11.8 Å². The van der Waals surface area contributed by atoms with Crippen LogP contribution in [-0.4, -0.2) is 17.7 Å². The Morgan fingerprint density at radius 3 is 2.57 bits per heavy atom. The lowest BCUT2D eigenvalue weighted by Crippen LogP contribution is -2.32. The average molecular weight is 295 g/mol. The minimum atomic E-state index is 0.335. The molecule has 1 unspecified atom stereocenters. The molecule has 1 aliphatic heterocycles. The van der Waals surface area contributed by atoms with Crippen molar-refractivity contribution in [3.8, 4) is 0 Å². The van der Waals surface area contributed by atoms with E-state index in [0.717, 1.165) is 13.0 Å². The molecule has 0 amide bonds. The Morgan fingerprint density at radius 2 is 1.86 bits per heavy atom. The van der Waals surface area contributed by atoms with E-state index < -0.39 is 0 Å². The van der Waals surface area contributed by atoms with Gasteiger partial charge in [0.05, 0.1) is 6.04 Å². The fraction of sp³-hybridized carbons (Fsp3) is 0.263. The van der Waals surface area contributed by atoms with Crippen molar-refractivity contribution in [3.05, 3.63) is 77.5 Å². The highest BCUT2D eigenvalue weighted by atomic mass is 32.2. The third-order valence-corrected chi connectivity index (χ3v) is 4.84. The van der Waals surface area contributed by atoms with Crippen LogP contribution in [0, 0.1) is 0 Å². The molecule has 0 radical (unpaired) electrons. The van der Waals surface area contributed by atoms with Crippen molar-refractivity contribution in [1.29, 1.82) is 0 Å². The molecule has 108 valence electrons. The van der Waals surface area contributed by atoms with Crippen LogP contribution in [0.25, 0.3) is 0 Å². The summed E-state index contributed by atoms with van der Waals surface area (Å²) < 4.78 is 0. The van der Waals surface area contributed by atoms with E-state index in [1.807, 2.05) is 0 Å². The first-order chi connectivity index (χ1) is 10.3. The maximum atomic E-state index is 2.45. The highest BCUT2D eigenvalue weighted by Gasteiger charge is 2.26. The van der Waals surface area contributed by atoms with E-state index in [-0.39, 0.29) is 0 Å². The topological polar surface area (TPSA) is 3.24 Å². The van der Waals surface area contributed by atoms with Crippen molar-refractivity contribution in [2.45, 2.75) is 24.3 Å². The van der Waals surface area contributed by atoms with E-state index in [1.54, 1.807) is 11.8 Å². The first-order valence-corrected chi connectivity index (χ1v) is 8.66. The zero-order valence-corrected chi connectivity index (χ0v) is 13.4. The number of fused-ring (bicyclic) bond motifs is 1. The summed E-state index contributed by atoms with van der Waals surface area (Å²) in [6, 6.07) is 18.2. The van der Waals surface area contributed by atoms with Gasteiger partial charge in [-0.05, 0) is 54.6 Å². The van der Waals surface area contributed by atoms with Crippen LogP contribution in [0.4, 0.5) is 0 Å². The highest BCUT2D eigenvalue weighted by molar-refractivity contribution is 7.98. The molecule has 21 heavy (non-hydrogen) atoms. The molecule has 0 saturated carbocycles. The van der Waals surface area contributed by atoms with Crippen molar-refractivity contribution >= 4 is 11.8 Å². The van der Waals surface area contributed by atoms with Crippen LogP contribution < -0.4 is 0 Å². The van der Waals surface area contributed by atoms with E-state index in [4.69, 9.17) is 0 Å². The highest BCUT2D eigenvalue weighted by Crippen LogP contribution is 2.35. The molecule has 1 aliphatic rings. The molecule has 2 aromatic rings. The summed E-state index contributed by atoms with van der Waals surface area (Å²) in [5.74, 6) is 0. The predicted octanol–water partition coefficient (Wildman–Crippen LogP) is 4.89. The number of nitrogens with zero attached hydrogens (tertiary/aromatic N) is 1. The zero-order valence-electron chi connectivity index (χ0n) is 12.6. The van der Waals surface area contributed by atoms with Crippen molar-refractivity contribution < 1.29 is 0 Å². The Hall–Kier alpha value is -1.67. The molecule has 1 heterocycles. The van der Waals surface area contributed by atoms with E-state index in [1.165, 1.54) is 21.6 Å². The van der Waals surface area contributed by atoms with Crippen LogP contribution in [-0.2, 0) is 6.42 Å². The number of benzene rings is 2. The van der Waals surface area contributed by atoms with Gasteiger partial charge in [-0.2, -0.15) is 0 Å². The van der Waals surface area contributed by atoms with Gasteiger partial charge in [-0.3, -0.25) is 0 Å². The van der Waals surface area contributed by atoms with Crippen LogP contribution in [0.2, 0.25) is 0 Å². The van der Waals surface area contributed by atoms with Crippen LogP contribution in [0.5, 0.6) is 0 Å². The summed E-state index contributed by atoms with van der Waals surface area (Å²) in [4.78, 5) is 3.77. The van der Waals surface area contributed by atoms with Gasteiger partial charge in [-0.15, -0.1) is 11.8 Å². The Morgan fingerprint density at radius 1 is 1.10 bits per heavy atom. The zero-order chi connectivity index (χ0) is 14.7. The van der Waals surface area contributed by atoms with Gasteiger partial charge in [0.25, 0.3) is 0 Å². The normalized spacial score (nSPS) is 18.0. The molecule has 1 nitrogen and oxygen atoms in total. The van der Waals surface area contributed by atoms with E-state index >= 15 is 0 Å². The van der Waals surface area contributed by atoms with E-state index in [2.05, 4.69) is 78.9 Å². The molecule has 0 aliphatic carbocycles. The predicted molar refractivity (Wildman–Crippen MR) is 91.7 cm³/mol. The number of rotatable bonds is 3. The van der Waals surface area contributed by atoms with E-state index in [9.17, 15) is 0 Å². The standard InChI is InChI=1S/C19H21NS/c1-3-13-20-14-12-15-6-4-5-7-18(15)19(20)16-8-10-17(21-2)11-9-16/h3-11,13,19H,12,14H2,1-2H3. The molecule has 0 aromatic heterocycles. The monoisotopic (exact) mass is 295 g/mol. The third-order valence-electron chi connectivity index (χ3n) is 4.09. The van der Waals surface area contributed by atoms with Crippen molar-refractivity contribution in [1.82, 2.24) is 4.90 Å². The average Bonchev–Trinajstić information content (AvgIpc) is 2.55. The van der Waals surface area contributed by atoms with Crippen LogP contribution in [0.3, 0.4) is 0 Å². The second-order valence-corrected chi connectivity index (χ2v) is 6.22. The quantitative estimate of drug-likeness (QED) is 0.742. The molecular formula is C19H21NS. The molecule has 2 aromatic carbocycles. The third kappa shape index (κ3) is 2.86. The summed E-state index contributed by atoms with van der Waals surface area (Å²) in [6.07, 6.45) is 7.61. The lowest BCUT2D eigenvalue weighted by molar-refractivity contribution is 0.300. The van der Waals surface area contributed by atoms with Crippen LogP contribution in [0.15, 0.2) is 65.7 Å². The molecule has 2 heteroatoms. The van der Waals surface area contributed by atoms with Crippen molar-refractivity contribution in [3.63, 3.8) is 0 Å². The maximum absolute atomic E-state index is 2.45. The van der Waals surface area contributed by atoms with Gasteiger partial charge in [0, 0.05) is 11.4 Å². The number of allylic oxidation sites excluding steroid dienone is 1. The Balaban J connectivity index is 2.05. The minimum Gasteiger partial charge on any atom is -0.366 e. The second kappa shape index (κ2) is 6.40. The molecule has 0 fully saturated rings. The molecule has 0 saturated heterocycles. The van der Waals surface area contributed by atoms with Gasteiger partial charge in [0.15, 0.2) is 0 Å². The van der Waals surface area contributed by atoms with Crippen LogP contribution in [0.1, 0.15) is 29.7 Å². The fourth-order valence-corrected chi connectivity index (χ4v) is 3.50. The lowest BCUT2D eigenvalue weighted by atomic mass is 9.88. The number of thioether (sulfide) groups is 1. The molecule has 0 spiro atoms. The van der Waals surface area contributed by atoms with Gasteiger partial charge in [0.1, 0.15) is 0 Å². The summed E-state index contributed by atoms with van der Waals surface area (Å²) in [5.41, 5.74) is 4.30. The Kier molecular flexibility index (Phi) is 4.35. The first kappa shape index (κ1) is 14.3. The molecular weight excluding hydrogens is 274 g/mol. The van der Waals surface area contributed by atoms with Crippen molar-refractivity contribution in [2.24, 2.45) is 0 Å². The van der Waals surface area contributed by atoms with Gasteiger partial charge >= 0.3 is 0 Å². The largest absolute Gasteiger partial charge is 0.366 e. The second-order valence-electron chi connectivity index (χ2n) is 5.34. The SMILES string of the molecule is CC=CN1CCc2ccccc2C1c1ccc(SC)cc1. The lowest BCUT2D eigenvalue weighted by Gasteiger charge is -2.37. The van der Waals surface area contributed by atoms with Gasteiger partial charge in [0.2, 0.25) is 0 Å². The first-order valence-electron chi connectivity index (χ1n) is 7.44. The maximum Gasteiger partial charge on any atom is 0.0793 e. The molecule has 0 bridgehead atoms.